The van der Waals surface area contributed by atoms with E-state index in [-0.39, 0.29) is 0 Å². The van der Waals surface area contributed by atoms with Gasteiger partial charge in [-0.3, -0.25) is 0 Å². The van der Waals surface area contributed by atoms with Gasteiger partial charge in [-0.05, 0) is 12.2 Å². The minimum Gasteiger partial charge on any atom is -0.224 e. The molecule has 0 saturated heterocycles. The van der Waals surface area contributed by atoms with Crippen LogP contribution in [0.5, 0.6) is 0 Å². The number of thiocarbonyl (C=S) groups is 1. The standard InChI is InChI=1S/C7H8O2S2/c1-11(8,9)7-4-2-6(10)3-5-7/h2,4-5H,3H2,1H3. The third kappa shape index (κ3) is 2.24. The van der Waals surface area contributed by atoms with Crippen LogP contribution in [0.1, 0.15) is 6.42 Å². The van der Waals surface area contributed by atoms with Gasteiger partial charge in [0.2, 0.25) is 0 Å². The van der Waals surface area contributed by atoms with E-state index in [0.717, 1.165) is 4.86 Å². The van der Waals surface area contributed by atoms with Crippen molar-refractivity contribution in [3.8, 4) is 0 Å². The van der Waals surface area contributed by atoms with E-state index in [1.807, 2.05) is 0 Å². The van der Waals surface area contributed by atoms with E-state index >= 15 is 0 Å². The maximum atomic E-state index is 10.9. The molecule has 0 bridgehead atoms. The number of hydrogen-bond acceptors (Lipinski definition) is 3. The molecule has 1 rings (SSSR count). The topological polar surface area (TPSA) is 34.1 Å². The van der Waals surface area contributed by atoms with Gasteiger partial charge in [-0.25, -0.2) is 8.42 Å². The molecule has 0 aromatic heterocycles. The molecule has 0 aromatic rings. The normalized spacial score (nSPS) is 18.3. The average molecular weight is 188 g/mol. The molecule has 0 spiro atoms. The third-order valence-corrected chi connectivity index (χ3v) is 2.83. The number of allylic oxidation sites excluding steroid dienone is 3. The van der Waals surface area contributed by atoms with Crippen molar-refractivity contribution in [1.29, 1.82) is 0 Å². The summed E-state index contributed by atoms with van der Waals surface area (Å²) in [5.74, 6) is 0. The van der Waals surface area contributed by atoms with Crippen molar-refractivity contribution >= 4 is 26.9 Å². The number of sulfone groups is 1. The van der Waals surface area contributed by atoms with E-state index < -0.39 is 9.84 Å². The molecule has 11 heavy (non-hydrogen) atoms. The van der Waals surface area contributed by atoms with Crippen LogP contribution in [0.15, 0.2) is 23.1 Å². The predicted octanol–water partition coefficient (Wildman–Crippen LogP) is 1.24. The van der Waals surface area contributed by atoms with Crippen LogP contribution in [0.3, 0.4) is 0 Å². The van der Waals surface area contributed by atoms with E-state index in [4.69, 9.17) is 12.2 Å². The van der Waals surface area contributed by atoms with E-state index in [0.29, 0.717) is 11.3 Å². The van der Waals surface area contributed by atoms with E-state index in [9.17, 15) is 8.42 Å². The minimum absolute atomic E-state index is 0.367. The lowest BCUT2D eigenvalue weighted by molar-refractivity contribution is 0.608. The van der Waals surface area contributed by atoms with Crippen LogP contribution >= 0.6 is 12.2 Å². The highest BCUT2D eigenvalue weighted by Gasteiger charge is 2.10. The minimum atomic E-state index is -3.03. The quantitative estimate of drug-likeness (QED) is 0.581. The van der Waals surface area contributed by atoms with Crippen molar-refractivity contribution in [3.05, 3.63) is 23.1 Å². The molecule has 0 fully saturated rings. The summed E-state index contributed by atoms with van der Waals surface area (Å²) in [7, 11) is -3.03. The molecular formula is C7H8O2S2. The van der Waals surface area contributed by atoms with Gasteiger partial charge in [-0.15, -0.1) is 0 Å². The summed E-state index contributed by atoms with van der Waals surface area (Å²) >= 11 is 4.86. The summed E-state index contributed by atoms with van der Waals surface area (Å²) in [5.41, 5.74) is 0. The second kappa shape index (κ2) is 2.87. The average Bonchev–Trinajstić information content (AvgIpc) is 1.86. The molecule has 60 valence electrons. The lowest BCUT2D eigenvalue weighted by Gasteiger charge is -2.03. The molecule has 0 unspecified atom stereocenters. The Kier molecular flexibility index (Phi) is 2.25. The Morgan fingerprint density at radius 1 is 1.45 bits per heavy atom. The Labute approximate surface area is 71.5 Å². The summed E-state index contributed by atoms with van der Waals surface area (Å²) in [6.45, 7) is 0. The zero-order valence-corrected chi connectivity index (χ0v) is 7.71. The maximum absolute atomic E-state index is 10.9. The number of hydrogen-bond donors (Lipinski definition) is 0. The Morgan fingerprint density at radius 3 is 2.45 bits per heavy atom. The van der Waals surface area contributed by atoms with Crippen molar-refractivity contribution in [2.24, 2.45) is 0 Å². The molecule has 2 nitrogen and oxygen atoms in total. The highest BCUT2D eigenvalue weighted by atomic mass is 32.2. The van der Waals surface area contributed by atoms with E-state index in [1.165, 1.54) is 6.26 Å². The van der Waals surface area contributed by atoms with Crippen LogP contribution in [0.2, 0.25) is 0 Å². The van der Waals surface area contributed by atoms with Gasteiger partial charge in [-0.2, -0.15) is 0 Å². The van der Waals surface area contributed by atoms with Crippen molar-refractivity contribution in [2.75, 3.05) is 6.26 Å². The molecule has 0 radical (unpaired) electrons. The summed E-state index contributed by atoms with van der Waals surface area (Å²) in [6, 6.07) is 0. The summed E-state index contributed by atoms with van der Waals surface area (Å²) in [6.07, 6.45) is 6.59. The first kappa shape index (κ1) is 8.62. The highest BCUT2D eigenvalue weighted by molar-refractivity contribution is 7.94. The molecule has 0 atom stereocenters. The van der Waals surface area contributed by atoms with Gasteiger partial charge >= 0.3 is 0 Å². The summed E-state index contributed by atoms with van der Waals surface area (Å²) in [5, 5.41) is 0. The molecule has 0 aromatic carbocycles. The molecule has 1 aliphatic carbocycles. The van der Waals surface area contributed by atoms with Crippen molar-refractivity contribution in [3.63, 3.8) is 0 Å². The van der Waals surface area contributed by atoms with Crippen molar-refractivity contribution in [2.45, 2.75) is 6.42 Å². The fourth-order valence-electron chi connectivity index (χ4n) is 0.787. The third-order valence-electron chi connectivity index (χ3n) is 1.37. The second-order valence-electron chi connectivity index (χ2n) is 2.38. The smallest absolute Gasteiger partial charge is 0.175 e. The molecule has 0 aliphatic heterocycles. The SMILES string of the molecule is CS(=O)(=O)C1=CCC(=S)C=C1. The first-order chi connectivity index (χ1) is 5.00. The van der Waals surface area contributed by atoms with Gasteiger partial charge in [0, 0.05) is 17.5 Å². The first-order valence-corrected chi connectivity index (χ1v) is 5.41. The van der Waals surface area contributed by atoms with Gasteiger partial charge in [0.05, 0.1) is 4.91 Å². The Hall–Kier alpha value is -0.480. The van der Waals surface area contributed by atoms with Crippen LogP contribution in [-0.4, -0.2) is 19.5 Å². The van der Waals surface area contributed by atoms with Crippen molar-refractivity contribution in [1.82, 2.24) is 0 Å². The molecule has 1 aliphatic rings. The summed E-state index contributed by atoms with van der Waals surface area (Å²) in [4.78, 5) is 1.14. The van der Waals surface area contributed by atoms with Gasteiger partial charge < -0.3 is 0 Å². The largest absolute Gasteiger partial charge is 0.224 e. The molecule has 0 N–H and O–H groups in total. The second-order valence-corrected chi connectivity index (χ2v) is 4.92. The van der Waals surface area contributed by atoms with Crippen molar-refractivity contribution < 1.29 is 8.42 Å². The Bertz CT molecular complexity index is 333. The van der Waals surface area contributed by atoms with Gasteiger partial charge in [0.25, 0.3) is 0 Å². The molecular weight excluding hydrogens is 180 g/mol. The van der Waals surface area contributed by atoms with Gasteiger partial charge in [0.15, 0.2) is 9.84 Å². The van der Waals surface area contributed by atoms with Crippen LogP contribution in [-0.2, 0) is 9.84 Å². The zero-order valence-electron chi connectivity index (χ0n) is 6.07. The fourth-order valence-corrected chi connectivity index (χ4v) is 1.64. The molecule has 0 heterocycles. The van der Waals surface area contributed by atoms with Crippen LogP contribution in [0, 0.1) is 0 Å². The molecule has 0 amide bonds. The fraction of sp³-hybridized carbons (Fsp3) is 0.286. The van der Waals surface area contributed by atoms with Crippen LogP contribution < -0.4 is 0 Å². The molecule has 0 saturated carbocycles. The zero-order chi connectivity index (χ0) is 8.48. The summed E-state index contributed by atoms with van der Waals surface area (Å²) < 4.78 is 21.9. The van der Waals surface area contributed by atoms with Gasteiger partial charge in [-0.1, -0.05) is 18.3 Å². The Morgan fingerprint density at radius 2 is 2.09 bits per heavy atom. The van der Waals surface area contributed by atoms with E-state index in [1.54, 1.807) is 18.2 Å². The molecule has 4 heteroatoms. The van der Waals surface area contributed by atoms with Crippen LogP contribution in [0.25, 0.3) is 0 Å². The monoisotopic (exact) mass is 188 g/mol. The highest BCUT2D eigenvalue weighted by Crippen LogP contribution is 2.13. The van der Waals surface area contributed by atoms with Crippen LogP contribution in [0.4, 0.5) is 0 Å². The lowest BCUT2D eigenvalue weighted by Crippen LogP contribution is -2.03. The number of rotatable bonds is 1. The first-order valence-electron chi connectivity index (χ1n) is 3.11. The maximum Gasteiger partial charge on any atom is 0.175 e. The Balaban J connectivity index is 2.97. The predicted molar refractivity (Wildman–Crippen MR) is 49.3 cm³/mol. The van der Waals surface area contributed by atoms with E-state index in [2.05, 4.69) is 0 Å². The lowest BCUT2D eigenvalue weighted by atomic mass is 10.2. The van der Waals surface area contributed by atoms with Gasteiger partial charge in [0.1, 0.15) is 0 Å².